The summed E-state index contributed by atoms with van der Waals surface area (Å²) in [5, 5.41) is 16.0. The van der Waals surface area contributed by atoms with Crippen LogP contribution in [0.3, 0.4) is 0 Å². The van der Waals surface area contributed by atoms with E-state index in [4.69, 9.17) is 15.0 Å². The molecule has 0 atom stereocenters. The largest absolute Gasteiger partial charge is 0.481 e. The Morgan fingerprint density at radius 2 is 1.19 bits per heavy atom. The van der Waals surface area contributed by atoms with Crippen LogP contribution in [-0.4, -0.2) is 22.8 Å². The Balaban J connectivity index is 0. The van der Waals surface area contributed by atoms with Crippen LogP contribution in [0.4, 0.5) is 0 Å². The SMILES string of the molecule is CC(=O)O.CCCCCCCCCC/C=C\CCCCO. The number of carboxylic acids is 1. The summed E-state index contributed by atoms with van der Waals surface area (Å²) >= 11 is 0. The molecule has 0 spiro atoms. The van der Waals surface area contributed by atoms with Crippen molar-refractivity contribution >= 4 is 5.97 Å². The molecule has 0 fully saturated rings. The lowest BCUT2D eigenvalue weighted by molar-refractivity contribution is -0.134. The maximum Gasteiger partial charge on any atom is 0.300 e. The monoisotopic (exact) mass is 300 g/mol. The summed E-state index contributed by atoms with van der Waals surface area (Å²) in [6, 6.07) is 0. The normalized spacial score (nSPS) is 10.4. The first-order valence-electron chi connectivity index (χ1n) is 8.60. The van der Waals surface area contributed by atoms with Crippen molar-refractivity contribution in [1.29, 1.82) is 0 Å². The fraction of sp³-hybridized carbons (Fsp3) is 0.833. The predicted molar refractivity (Wildman–Crippen MR) is 90.6 cm³/mol. The number of hydrogen-bond donors (Lipinski definition) is 2. The van der Waals surface area contributed by atoms with Crippen LogP contribution in [0, 0.1) is 0 Å². The molecule has 0 unspecified atom stereocenters. The Hall–Kier alpha value is -0.830. The first-order chi connectivity index (χ1) is 10.1. The molecule has 0 aromatic carbocycles. The number of aliphatic hydroxyl groups excluding tert-OH is 1. The topological polar surface area (TPSA) is 57.5 Å². The van der Waals surface area contributed by atoms with Crippen molar-refractivity contribution in [2.75, 3.05) is 6.61 Å². The molecule has 0 saturated heterocycles. The van der Waals surface area contributed by atoms with E-state index in [0.717, 1.165) is 26.2 Å². The summed E-state index contributed by atoms with van der Waals surface area (Å²) in [6.07, 6.45) is 20.3. The first-order valence-corrected chi connectivity index (χ1v) is 8.60. The Morgan fingerprint density at radius 3 is 1.62 bits per heavy atom. The Bertz CT molecular complexity index is 221. The minimum absolute atomic E-state index is 0.339. The van der Waals surface area contributed by atoms with Gasteiger partial charge < -0.3 is 10.2 Å². The van der Waals surface area contributed by atoms with Gasteiger partial charge in [0.05, 0.1) is 0 Å². The summed E-state index contributed by atoms with van der Waals surface area (Å²) in [6.45, 7) is 3.69. The van der Waals surface area contributed by atoms with Crippen LogP contribution in [0.2, 0.25) is 0 Å². The third kappa shape index (κ3) is 32.6. The van der Waals surface area contributed by atoms with Crippen LogP contribution in [0.25, 0.3) is 0 Å². The molecular weight excluding hydrogens is 264 g/mol. The maximum atomic E-state index is 9.00. The number of carbonyl (C=O) groups is 1. The summed E-state index contributed by atoms with van der Waals surface area (Å²) in [5.41, 5.74) is 0. The third-order valence-electron chi connectivity index (χ3n) is 3.17. The average molecular weight is 300 g/mol. The van der Waals surface area contributed by atoms with Crippen molar-refractivity contribution in [3.05, 3.63) is 12.2 Å². The van der Waals surface area contributed by atoms with Crippen molar-refractivity contribution in [1.82, 2.24) is 0 Å². The Labute approximate surface area is 131 Å². The molecule has 0 radical (unpaired) electrons. The van der Waals surface area contributed by atoms with Gasteiger partial charge in [0.1, 0.15) is 0 Å². The number of allylic oxidation sites excluding steroid dienone is 2. The van der Waals surface area contributed by atoms with Crippen molar-refractivity contribution in [3.8, 4) is 0 Å². The number of aliphatic hydroxyl groups is 1. The lowest BCUT2D eigenvalue weighted by Gasteiger charge is -1.99. The zero-order chi connectivity index (χ0) is 16.2. The van der Waals surface area contributed by atoms with Crippen molar-refractivity contribution in [2.24, 2.45) is 0 Å². The van der Waals surface area contributed by atoms with Crippen molar-refractivity contribution in [2.45, 2.75) is 90.9 Å². The van der Waals surface area contributed by atoms with Gasteiger partial charge >= 0.3 is 0 Å². The van der Waals surface area contributed by atoms with E-state index in [1.54, 1.807) is 0 Å². The number of aliphatic carboxylic acids is 1. The van der Waals surface area contributed by atoms with Gasteiger partial charge in [0, 0.05) is 13.5 Å². The summed E-state index contributed by atoms with van der Waals surface area (Å²) in [4.78, 5) is 9.00. The van der Waals surface area contributed by atoms with Crippen molar-refractivity contribution < 1.29 is 15.0 Å². The van der Waals surface area contributed by atoms with Crippen LogP contribution in [0.15, 0.2) is 12.2 Å². The fourth-order valence-corrected chi connectivity index (χ4v) is 2.01. The molecule has 0 rings (SSSR count). The van der Waals surface area contributed by atoms with Gasteiger partial charge in [-0.15, -0.1) is 0 Å². The second-order valence-corrected chi connectivity index (χ2v) is 5.47. The molecule has 21 heavy (non-hydrogen) atoms. The quantitative estimate of drug-likeness (QED) is 0.357. The van der Waals surface area contributed by atoms with Crippen LogP contribution in [0.5, 0.6) is 0 Å². The molecule has 0 aliphatic heterocycles. The molecule has 0 bridgehead atoms. The molecule has 0 aromatic rings. The number of carboxylic acid groups (broad SMARTS) is 1. The van der Waals surface area contributed by atoms with E-state index in [2.05, 4.69) is 19.1 Å². The lowest BCUT2D eigenvalue weighted by Crippen LogP contribution is -1.81. The first kappa shape index (κ1) is 22.5. The van der Waals surface area contributed by atoms with Gasteiger partial charge in [-0.3, -0.25) is 4.79 Å². The van der Waals surface area contributed by atoms with Gasteiger partial charge in [-0.1, -0.05) is 64.0 Å². The minimum atomic E-state index is -0.833. The average Bonchev–Trinajstić information content (AvgIpc) is 2.43. The van der Waals surface area contributed by atoms with E-state index in [-0.39, 0.29) is 0 Å². The van der Waals surface area contributed by atoms with Gasteiger partial charge in [-0.05, 0) is 32.1 Å². The van der Waals surface area contributed by atoms with E-state index in [1.165, 1.54) is 57.8 Å². The molecule has 0 aliphatic rings. The molecule has 126 valence electrons. The van der Waals surface area contributed by atoms with Crippen LogP contribution >= 0.6 is 0 Å². The number of hydrogen-bond acceptors (Lipinski definition) is 2. The Morgan fingerprint density at radius 1 is 0.810 bits per heavy atom. The maximum absolute atomic E-state index is 9.00. The number of rotatable bonds is 13. The molecule has 3 heteroatoms. The lowest BCUT2D eigenvalue weighted by atomic mass is 10.1. The van der Waals surface area contributed by atoms with Gasteiger partial charge in [-0.2, -0.15) is 0 Å². The number of unbranched alkanes of at least 4 members (excludes halogenated alkanes) is 10. The summed E-state index contributed by atoms with van der Waals surface area (Å²) < 4.78 is 0. The van der Waals surface area contributed by atoms with E-state index in [0.29, 0.717) is 6.61 Å². The zero-order valence-electron chi connectivity index (χ0n) is 14.1. The van der Waals surface area contributed by atoms with Crippen LogP contribution in [0.1, 0.15) is 90.9 Å². The van der Waals surface area contributed by atoms with Crippen LogP contribution in [-0.2, 0) is 4.79 Å². The second-order valence-electron chi connectivity index (χ2n) is 5.47. The molecule has 0 saturated carbocycles. The molecule has 3 nitrogen and oxygen atoms in total. The van der Waals surface area contributed by atoms with Gasteiger partial charge in [-0.25, -0.2) is 0 Å². The van der Waals surface area contributed by atoms with Crippen LogP contribution < -0.4 is 0 Å². The fourth-order valence-electron chi connectivity index (χ4n) is 2.01. The van der Waals surface area contributed by atoms with Gasteiger partial charge in [0.15, 0.2) is 0 Å². The van der Waals surface area contributed by atoms with Crippen molar-refractivity contribution in [3.63, 3.8) is 0 Å². The standard InChI is InChI=1S/C16H32O.C2H4O2/c1-2-3-4-5-6-7-8-9-10-11-12-13-14-15-16-17;1-2(3)4/h11-12,17H,2-10,13-16H2,1H3;1H3,(H,3,4)/b12-11-;. The van der Waals surface area contributed by atoms with Gasteiger partial charge in [0.25, 0.3) is 5.97 Å². The molecule has 0 heterocycles. The highest BCUT2D eigenvalue weighted by molar-refractivity contribution is 5.62. The third-order valence-corrected chi connectivity index (χ3v) is 3.17. The molecule has 0 aromatic heterocycles. The highest BCUT2D eigenvalue weighted by atomic mass is 16.4. The Kier molecular flexibility index (Phi) is 23.0. The van der Waals surface area contributed by atoms with Gasteiger partial charge in [0.2, 0.25) is 0 Å². The second kappa shape index (κ2) is 21.5. The van der Waals surface area contributed by atoms with E-state index in [9.17, 15) is 0 Å². The highest BCUT2D eigenvalue weighted by Gasteiger charge is 1.90. The smallest absolute Gasteiger partial charge is 0.300 e. The zero-order valence-corrected chi connectivity index (χ0v) is 14.1. The summed E-state index contributed by atoms with van der Waals surface area (Å²) in [5.74, 6) is -0.833. The summed E-state index contributed by atoms with van der Waals surface area (Å²) in [7, 11) is 0. The molecule has 0 aliphatic carbocycles. The molecular formula is C18H36O3. The highest BCUT2D eigenvalue weighted by Crippen LogP contribution is 2.09. The predicted octanol–water partition coefficient (Wildman–Crippen LogP) is 5.33. The van der Waals surface area contributed by atoms with E-state index >= 15 is 0 Å². The molecule has 2 N–H and O–H groups in total. The van der Waals surface area contributed by atoms with E-state index in [1.807, 2.05) is 0 Å². The molecule has 0 amide bonds. The van der Waals surface area contributed by atoms with E-state index < -0.39 is 5.97 Å². The minimum Gasteiger partial charge on any atom is -0.481 e.